The second-order valence-electron chi connectivity index (χ2n) is 5.31. The summed E-state index contributed by atoms with van der Waals surface area (Å²) < 4.78 is 37.5. The Hall–Kier alpha value is -2.71. The number of halogens is 3. The van der Waals surface area contributed by atoms with Crippen molar-refractivity contribution in [1.29, 1.82) is 0 Å². The van der Waals surface area contributed by atoms with Crippen LogP contribution >= 0.6 is 22.9 Å². The zero-order valence-corrected chi connectivity index (χ0v) is 15.8. The van der Waals surface area contributed by atoms with Gasteiger partial charge < -0.3 is 9.47 Å². The summed E-state index contributed by atoms with van der Waals surface area (Å²) >= 11 is 7.18. The number of carbonyl (C=O) groups excluding carboxylic acids is 1. The van der Waals surface area contributed by atoms with Crippen LogP contribution in [-0.2, 0) is 0 Å². The number of nitrogens with zero attached hydrogens (tertiary/aromatic N) is 1. The van der Waals surface area contributed by atoms with E-state index >= 15 is 0 Å². The third kappa shape index (κ3) is 4.01. The summed E-state index contributed by atoms with van der Waals surface area (Å²) in [4.78, 5) is 16.6. The van der Waals surface area contributed by atoms with Crippen molar-refractivity contribution in [2.75, 3.05) is 19.5 Å². The minimum absolute atomic E-state index is 0.0147. The van der Waals surface area contributed by atoms with Gasteiger partial charge in [-0.25, -0.2) is 13.8 Å². The van der Waals surface area contributed by atoms with E-state index in [1.807, 2.05) is 0 Å². The van der Waals surface area contributed by atoms with Crippen LogP contribution in [0, 0.1) is 11.6 Å². The average Bonchev–Trinajstić information content (AvgIpc) is 3.11. The molecule has 0 radical (unpaired) electrons. The molecule has 1 N–H and O–H groups in total. The molecule has 1 heterocycles. The fraction of sp³-hybridized carbons (Fsp3) is 0.111. The zero-order valence-electron chi connectivity index (χ0n) is 14.2. The van der Waals surface area contributed by atoms with Crippen LogP contribution in [0.25, 0.3) is 11.3 Å². The van der Waals surface area contributed by atoms with E-state index in [-0.39, 0.29) is 27.0 Å². The van der Waals surface area contributed by atoms with E-state index in [9.17, 15) is 13.6 Å². The number of anilines is 1. The summed E-state index contributed by atoms with van der Waals surface area (Å²) in [6.45, 7) is 0. The van der Waals surface area contributed by atoms with Crippen LogP contribution in [0.5, 0.6) is 11.5 Å². The molecule has 0 fully saturated rings. The Balaban J connectivity index is 1.84. The number of carbonyl (C=O) groups is 1. The predicted molar refractivity (Wildman–Crippen MR) is 100.0 cm³/mol. The maximum absolute atomic E-state index is 13.9. The van der Waals surface area contributed by atoms with E-state index in [4.69, 9.17) is 21.1 Å². The third-order valence-electron chi connectivity index (χ3n) is 3.62. The smallest absolute Gasteiger partial charge is 0.257 e. The standard InChI is InChI=1S/C18H13ClF2N2O3S/c1-25-15-6-9(5-12(19)16(15)26-2)17(24)23-18-22-14(8-27-18)11-7-10(20)3-4-13(11)21/h3-8H,1-2H3,(H,22,23,24). The third-order valence-corrected chi connectivity index (χ3v) is 4.66. The molecular formula is C18H13ClF2N2O3S. The van der Waals surface area contributed by atoms with Crippen molar-refractivity contribution in [2.24, 2.45) is 0 Å². The van der Waals surface area contributed by atoms with Gasteiger partial charge in [-0.2, -0.15) is 0 Å². The van der Waals surface area contributed by atoms with Gasteiger partial charge in [0, 0.05) is 16.5 Å². The Kier molecular flexibility index (Phi) is 5.57. The van der Waals surface area contributed by atoms with Gasteiger partial charge in [0.1, 0.15) is 11.6 Å². The quantitative estimate of drug-likeness (QED) is 0.642. The van der Waals surface area contributed by atoms with Gasteiger partial charge in [0.05, 0.1) is 24.9 Å². The van der Waals surface area contributed by atoms with Gasteiger partial charge in [0.2, 0.25) is 0 Å². The van der Waals surface area contributed by atoms with Crippen molar-refractivity contribution < 1.29 is 23.0 Å². The van der Waals surface area contributed by atoms with Gasteiger partial charge in [0.15, 0.2) is 16.6 Å². The number of amides is 1. The Labute approximate surface area is 162 Å². The van der Waals surface area contributed by atoms with Crippen LogP contribution in [0.1, 0.15) is 10.4 Å². The van der Waals surface area contributed by atoms with Crippen molar-refractivity contribution in [3.63, 3.8) is 0 Å². The number of hydrogen-bond donors (Lipinski definition) is 1. The molecule has 0 aliphatic carbocycles. The highest BCUT2D eigenvalue weighted by Crippen LogP contribution is 2.36. The summed E-state index contributed by atoms with van der Waals surface area (Å²) in [7, 11) is 2.86. The van der Waals surface area contributed by atoms with Gasteiger partial charge in [-0.05, 0) is 30.3 Å². The van der Waals surface area contributed by atoms with E-state index in [0.29, 0.717) is 11.5 Å². The molecule has 1 aromatic heterocycles. The molecule has 27 heavy (non-hydrogen) atoms. The monoisotopic (exact) mass is 410 g/mol. The van der Waals surface area contributed by atoms with Gasteiger partial charge in [0.25, 0.3) is 5.91 Å². The van der Waals surface area contributed by atoms with Crippen molar-refractivity contribution in [1.82, 2.24) is 4.98 Å². The molecule has 0 aliphatic rings. The lowest BCUT2D eigenvalue weighted by atomic mass is 10.1. The fourth-order valence-corrected chi connectivity index (χ4v) is 3.36. The molecule has 1 amide bonds. The number of ether oxygens (including phenoxy) is 2. The molecule has 0 atom stereocenters. The SMILES string of the molecule is COc1cc(C(=O)Nc2nc(-c3cc(F)ccc3F)cs2)cc(Cl)c1OC. The van der Waals surface area contributed by atoms with E-state index in [2.05, 4.69) is 10.3 Å². The molecule has 3 rings (SSSR count). The zero-order chi connectivity index (χ0) is 19.6. The molecule has 0 unspecified atom stereocenters. The number of rotatable bonds is 5. The lowest BCUT2D eigenvalue weighted by Crippen LogP contribution is -2.12. The van der Waals surface area contributed by atoms with E-state index < -0.39 is 17.5 Å². The highest BCUT2D eigenvalue weighted by molar-refractivity contribution is 7.14. The Morgan fingerprint density at radius 2 is 1.96 bits per heavy atom. The molecule has 0 bridgehead atoms. The maximum atomic E-state index is 13.9. The number of benzene rings is 2. The summed E-state index contributed by atoms with van der Waals surface area (Å²) in [5.41, 5.74) is 0.463. The number of thiazole rings is 1. The van der Waals surface area contributed by atoms with Gasteiger partial charge in [-0.15, -0.1) is 11.3 Å². The molecule has 9 heteroatoms. The van der Waals surface area contributed by atoms with E-state index in [1.165, 1.54) is 31.7 Å². The van der Waals surface area contributed by atoms with Crippen LogP contribution < -0.4 is 14.8 Å². The molecule has 3 aromatic rings. The molecule has 2 aromatic carbocycles. The number of methoxy groups -OCH3 is 2. The first-order valence-electron chi connectivity index (χ1n) is 7.56. The normalized spacial score (nSPS) is 10.6. The maximum Gasteiger partial charge on any atom is 0.257 e. The van der Waals surface area contributed by atoms with Crippen LogP contribution in [0.15, 0.2) is 35.7 Å². The summed E-state index contributed by atoms with van der Waals surface area (Å²) in [6.07, 6.45) is 0. The molecule has 140 valence electrons. The predicted octanol–water partition coefficient (Wildman–Crippen LogP) is 5.01. The largest absolute Gasteiger partial charge is 0.493 e. The van der Waals surface area contributed by atoms with Crippen molar-refractivity contribution >= 4 is 34.0 Å². The Bertz CT molecular complexity index is 1010. The van der Waals surface area contributed by atoms with Gasteiger partial charge in [-0.1, -0.05) is 11.6 Å². The highest BCUT2D eigenvalue weighted by atomic mass is 35.5. The number of hydrogen-bond acceptors (Lipinski definition) is 5. The van der Waals surface area contributed by atoms with Gasteiger partial charge in [-0.3, -0.25) is 10.1 Å². The lowest BCUT2D eigenvalue weighted by molar-refractivity contribution is 0.102. The lowest BCUT2D eigenvalue weighted by Gasteiger charge is -2.11. The molecule has 0 saturated heterocycles. The van der Waals surface area contributed by atoms with Crippen LogP contribution in [0.3, 0.4) is 0 Å². The van der Waals surface area contributed by atoms with E-state index in [0.717, 1.165) is 29.5 Å². The fourth-order valence-electron chi connectivity index (χ4n) is 2.37. The van der Waals surface area contributed by atoms with Crippen LogP contribution in [0.2, 0.25) is 5.02 Å². The summed E-state index contributed by atoms with van der Waals surface area (Å²) in [5.74, 6) is -1.06. The first-order valence-corrected chi connectivity index (χ1v) is 8.82. The minimum Gasteiger partial charge on any atom is -0.493 e. The van der Waals surface area contributed by atoms with Crippen molar-refractivity contribution in [2.45, 2.75) is 0 Å². The Morgan fingerprint density at radius 1 is 1.19 bits per heavy atom. The molecule has 0 aliphatic heterocycles. The minimum atomic E-state index is -0.605. The second-order valence-corrected chi connectivity index (χ2v) is 6.58. The van der Waals surface area contributed by atoms with Crippen molar-refractivity contribution in [3.05, 3.63) is 57.9 Å². The van der Waals surface area contributed by atoms with Crippen molar-refractivity contribution in [3.8, 4) is 22.8 Å². The number of nitrogens with one attached hydrogen (secondary N) is 1. The summed E-state index contributed by atoms with van der Waals surface area (Å²) in [5, 5.41) is 4.56. The highest BCUT2D eigenvalue weighted by Gasteiger charge is 2.17. The number of aromatic nitrogens is 1. The molecule has 5 nitrogen and oxygen atoms in total. The first-order chi connectivity index (χ1) is 12.9. The Morgan fingerprint density at radius 3 is 2.67 bits per heavy atom. The molecular weight excluding hydrogens is 398 g/mol. The summed E-state index contributed by atoms with van der Waals surface area (Å²) in [6, 6.07) is 5.99. The second kappa shape index (κ2) is 7.89. The van der Waals surface area contributed by atoms with E-state index in [1.54, 1.807) is 0 Å². The molecule has 0 saturated carbocycles. The van der Waals surface area contributed by atoms with Crippen LogP contribution in [-0.4, -0.2) is 25.1 Å². The topological polar surface area (TPSA) is 60.5 Å². The van der Waals surface area contributed by atoms with Gasteiger partial charge >= 0.3 is 0 Å². The average molecular weight is 411 g/mol. The molecule has 0 spiro atoms. The van der Waals surface area contributed by atoms with Crippen LogP contribution in [0.4, 0.5) is 13.9 Å². The first kappa shape index (κ1) is 19.1.